The number of thioether (sulfide) groups is 1. The maximum Gasteiger partial charge on any atom is 0.255 e. The van der Waals surface area contributed by atoms with Gasteiger partial charge in [-0.1, -0.05) is 29.5 Å². The number of amides is 1. The molecule has 1 saturated heterocycles. The topological polar surface area (TPSA) is 44.7 Å². The van der Waals surface area contributed by atoms with Crippen molar-refractivity contribution in [3.63, 3.8) is 0 Å². The summed E-state index contributed by atoms with van der Waals surface area (Å²) in [5.74, 6) is 0.982. The van der Waals surface area contributed by atoms with E-state index in [0.29, 0.717) is 5.56 Å². The van der Waals surface area contributed by atoms with Crippen molar-refractivity contribution >= 4 is 34.2 Å². The fourth-order valence-electron chi connectivity index (χ4n) is 2.24. The van der Waals surface area contributed by atoms with Crippen LogP contribution in [0.25, 0.3) is 0 Å². The van der Waals surface area contributed by atoms with Crippen molar-refractivity contribution in [2.75, 3.05) is 24.7 Å². The van der Waals surface area contributed by atoms with Crippen molar-refractivity contribution in [2.45, 2.75) is 6.92 Å². The summed E-state index contributed by atoms with van der Waals surface area (Å²) in [5, 5.41) is 3.95. The quantitative estimate of drug-likeness (QED) is 0.930. The van der Waals surface area contributed by atoms with Crippen LogP contribution in [0.3, 0.4) is 0 Å². The smallest absolute Gasteiger partial charge is 0.255 e. The Morgan fingerprint density at radius 2 is 1.83 bits per heavy atom. The second-order valence-electron chi connectivity index (χ2n) is 5.53. The molecule has 0 aliphatic carbocycles. The van der Waals surface area contributed by atoms with E-state index in [-0.39, 0.29) is 5.91 Å². The molecular formula is C18H19N3OS. The molecule has 23 heavy (non-hydrogen) atoms. The van der Waals surface area contributed by atoms with Gasteiger partial charge in [0, 0.05) is 30.6 Å². The maximum atomic E-state index is 12.2. The number of amidine groups is 1. The van der Waals surface area contributed by atoms with Crippen molar-refractivity contribution < 1.29 is 4.79 Å². The first kappa shape index (κ1) is 15.6. The van der Waals surface area contributed by atoms with Crippen molar-refractivity contribution in [2.24, 2.45) is 4.99 Å². The van der Waals surface area contributed by atoms with Gasteiger partial charge in [-0.25, -0.2) is 4.99 Å². The summed E-state index contributed by atoms with van der Waals surface area (Å²) in [4.78, 5) is 19.0. The molecule has 0 unspecified atom stereocenters. The van der Waals surface area contributed by atoms with Crippen molar-refractivity contribution in [1.82, 2.24) is 4.90 Å². The number of nitrogens with zero attached hydrogens (tertiary/aromatic N) is 2. The molecule has 1 aliphatic heterocycles. The van der Waals surface area contributed by atoms with E-state index < -0.39 is 0 Å². The summed E-state index contributed by atoms with van der Waals surface area (Å²) in [6.45, 7) is 3.04. The molecule has 0 atom stereocenters. The van der Waals surface area contributed by atoms with Gasteiger partial charge in [0.1, 0.15) is 0 Å². The van der Waals surface area contributed by atoms with Crippen LogP contribution in [0.5, 0.6) is 0 Å². The molecular weight excluding hydrogens is 306 g/mol. The predicted molar refractivity (Wildman–Crippen MR) is 97.8 cm³/mol. The molecule has 0 radical (unpaired) electrons. The molecule has 0 bridgehead atoms. The van der Waals surface area contributed by atoms with Crippen LogP contribution in [-0.2, 0) is 0 Å². The Morgan fingerprint density at radius 3 is 2.43 bits per heavy atom. The second-order valence-corrected chi connectivity index (χ2v) is 6.59. The third-order valence-electron chi connectivity index (χ3n) is 3.65. The molecule has 5 heteroatoms. The zero-order valence-electron chi connectivity index (χ0n) is 13.2. The van der Waals surface area contributed by atoms with Gasteiger partial charge in [0.2, 0.25) is 0 Å². The largest absolute Gasteiger partial charge is 0.353 e. The molecule has 1 heterocycles. The summed E-state index contributed by atoms with van der Waals surface area (Å²) in [5.41, 5.74) is 3.46. The molecule has 0 saturated carbocycles. The Balaban J connectivity index is 1.67. The standard InChI is InChI=1S/C18H19N3OS/c1-13-3-5-14(6-4-13)17(22)19-15-7-9-16(10-8-15)20-18-21(2)11-12-23-18/h3-10H,11-12H2,1-2H3,(H,19,22). The highest BCUT2D eigenvalue weighted by molar-refractivity contribution is 8.14. The molecule has 0 aromatic heterocycles. The average molecular weight is 325 g/mol. The van der Waals surface area contributed by atoms with Gasteiger partial charge in [-0.3, -0.25) is 4.79 Å². The molecule has 1 amide bonds. The number of carbonyl (C=O) groups is 1. The van der Waals surface area contributed by atoms with Gasteiger partial charge in [0.15, 0.2) is 5.17 Å². The highest BCUT2D eigenvalue weighted by Crippen LogP contribution is 2.23. The minimum absolute atomic E-state index is 0.102. The van der Waals surface area contributed by atoms with E-state index in [1.54, 1.807) is 11.8 Å². The third kappa shape index (κ3) is 3.93. The van der Waals surface area contributed by atoms with E-state index in [9.17, 15) is 4.79 Å². The summed E-state index contributed by atoms with van der Waals surface area (Å²) in [6, 6.07) is 15.1. The number of rotatable bonds is 3. The van der Waals surface area contributed by atoms with Gasteiger partial charge in [0.25, 0.3) is 5.91 Å². The normalized spacial score (nSPS) is 15.9. The SMILES string of the molecule is Cc1ccc(C(=O)Nc2ccc(N=C3SCCN3C)cc2)cc1. The first-order valence-electron chi connectivity index (χ1n) is 7.52. The summed E-state index contributed by atoms with van der Waals surface area (Å²) in [7, 11) is 2.05. The summed E-state index contributed by atoms with van der Waals surface area (Å²) in [6.07, 6.45) is 0. The van der Waals surface area contributed by atoms with E-state index in [1.807, 2.05) is 55.5 Å². The lowest BCUT2D eigenvalue weighted by atomic mass is 10.1. The van der Waals surface area contributed by atoms with Crippen LogP contribution in [0.15, 0.2) is 53.5 Å². The Kier molecular flexibility index (Phi) is 4.67. The number of nitrogens with one attached hydrogen (secondary N) is 1. The van der Waals surface area contributed by atoms with E-state index >= 15 is 0 Å². The van der Waals surface area contributed by atoms with Crippen LogP contribution < -0.4 is 5.32 Å². The summed E-state index contributed by atoms with van der Waals surface area (Å²) < 4.78 is 0. The first-order chi connectivity index (χ1) is 11.1. The number of carbonyl (C=O) groups excluding carboxylic acids is 1. The van der Waals surface area contributed by atoms with E-state index in [4.69, 9.17) is 0 Å². The molecule has 1 N–H and O–H groups in total. The third-order valence-corrected chi connectivity index (χ3v) is 4.70. The van der Waals surface area contributed by atoms with Crippen molar-refractivity contribution in [3.05, 3.63) is 59.7 Å². The van der Waals surface area contributed by atoms with Crippen molar-refractivity contribution in [1.29, 1.82) is 0 Å². The zero-order valence-corrected chi connectivity index (χ0v) is 14.1. The van der Waals surface area contributed by atoms with Crippen LogP contribution in [-0.4, -0.2) is 35.3 Å². The molecule has 118 valence electrons. The lowest BCUT2D eigenvalue weighted by Crippen LogP contribution is -2.17. The average Bonchev–Trinajstić information content (AvgIpc) is 2.95. The Bertz CT molecular complexity index is 723. The van der Waals surface area contributed by atoms with Gasteiger partial charge in [-0.15, -0.1) is 0 Å². The predicted octanol–water partition coefficient (Wildman–Crippen LogP) is 3.91. The number of anilines is 1. The molecule has 3 rings (SSSR count). The Labute approximate surface area is 140 Å². The molecule has 1 fully saturated rings. The number of aryl methyl sites for hydroxylation is 1. The fraction of sp³-hybridized carbons (Fsp3) is 0.222. The lowest BCUT2D eigenvalue weighted by Gasteiger charge is -2.10. The number of hydrogen-bond acceptors (Lipinski definition) is 3. The van der Waals surface area contributed by atoms with Crippen LogP contribution >= 0.6 is 11.8 Å². The highest BCUT2D eigenvalue weighted by Gasteiger charge is 2.14. The number of hydrogen-bond donors (Lipinski definition) is 1. The van der Waals surface area contributed by atoms with Gasteiger partial charge in [-0.05, 0) is 43.3 Å². The van der Waals surface area contributed by atoms with Crippen LogP contribution in [0.4, 0.5) is 11.4 Å². The van der Waals surface area contributed by atoms with Gasteiger partial charge in [0.05, 0.1) is 5.69 Å². The second kappa shape index (κ2) is 6.87. The number of aliphatic imine (C=N–C) groups is 1. The monoisotopic (exact) mass is 325 g/mol. The first-order valence-corrected chi connectivity index (χ1v) is 8.51. The van der Waals surface area contributed by atoms with Crippen molar-refractivity contribution in [3.8, 4) is 0 Å². The molecule has 0 spiro atoms. The van der Waals surface area contributed by atoms with E-state index in [1.165, 1.54) is 0 Å². The lowest BCUT2D eigenvalue weighted by molar-refractivity contribution is 0.102. The zero-order chi connectivity index (χ0) is 16.2. The van der Waals surface area contributed by atoms with E-state index in [2.05, 4.69) is 22.3 Å². The Morgan fingerprint density at radius 1 is 1.13 bits per heavy atom. The van der Waals surface area contributed by atoms with Gasteiger partial charge >= 0.3 is 0 Å². The molecule has 1 aliphatic rings. The maximum absolute atomic E-state index is 12.2. The molecule has 2 aromatic carbocycles. The summed E-state index contributed by atoms with van der Waals surface area (Å²) >= 11 is 1.76. The molecule has 4 nitrogen and oxygen atoms in total. The fourth-order valence-corrected chi connectivity index (χ4v) is 3.26. The van der Waals surface area contributed by atoms with Crippen LogP contribution in [0, 0.1) is 6.92 Å². The highest BCUT2D eigenvalue weighted by atomic mass is 32.2. The molecule has 2 aromatic rings. The Hall–Kier alpha value is -2.27. The minimum atomic E-state index is -0.102. The van der Waals surface area contributed by atoms with Gasteiger partial charge in [-0.2, -0.15) is 0 Å². The van der Waals surface area contributed by atoms with Crippen LogP contribution in [0.1, 0.15) is 15.9 Å². The van der Waals surface area contributed by atoms with E-state index in [0.717, 1.165) is 34.4 Å². The van der Waals surface area contributed by atoms with Crippen LogP contribution in [0.2, 0.25) is 0 Å². The van der Waals surface area contributed by atoms with Gasteiger partial charge < -0.3 is 10.2 Å². The number of benzene rings is 2. The minimum Gasteiger partial charge on any atom is -0.353 e.